The highest BCUT2D eigenvalue weighted by atomic mass is 79.9. The van der Waals surface area contributed by atoms with Crippen molar-refractivity contribution in [2.24, 2.45) is 0 Å². The first-order valence-corrected chi connectivity index (χ1v) is 7.07. The number of aliphatic hydroxyl groups is 1. The molecule has 110 valence electrons. The van der Waals surface area contributed by atoms with Crippen molar-refractivity contribution >= 4 is 21.6 Å². The topological polar surface area (TPSA) is 85.5 Å². The summed E-state index contributed by atoms with van der Waals surface area (Å²) in [5.74, 6) is 0.477. The number of para-hydroxylation sites is 1. The molecule has 0 bridgehead atoms. The second kappa shape index (κ2) is 6.64. The average molecular weight is 353 g/mol. The van der Waals surface area contributed by atoms with E-state index in [0.717, 1.165) is 0 Å². The van der Waals surface area contributed by atoms with Crippen molar-refractivity contribution in [3.63, 3.8) is 0 Å². The zero-order chi connectivity index (χ0) is 15.4. The van der Waals surface area contributed by atoms with Crippen molar-refractivity contribution in [3.8, 4) is 11.5 Å². The van der Waals surface area contributed by atoms with Gasteiger partial charge in [0, 0.05) is 6.07 Å². The van der Waals surface area contributed by atoms with Gasteiger partial charge in [-0.05, 0) is 40.5 Å². The molecule has 0 saturated carbocycles. The summed E-state index contributed by atoms with van der Waals surface area (Å²) < 4.78 is 6.02. The van der Waals surface area contributed by atoms with Crippen LogP contribution in [0.4, 0.5) is 5.69 Å². The summed E-state index contributed by atoms with van der Waals surface area (Å²) >= 11 is 3.23. The van der Waals surface area contributed by atoms with Crippen molar-refractivity contribution < 1.29 is 14.8 Å². The lowest BCUT2D eigenvalue weighted by Crippen LogP contribution is -1.99. The minimum Gasteiger partial charge on any atom is -0.447 e. The molecule has 0 spiro atoms. The highest BCUT2D eigenvalue weighted by Gasteiger charge is 2.19. The van der Waals surface area contributed by atoms with Crippen LogP contribution in [0.25, 0.3) is 0 Å². The molecule has 0 fully saturated rings. The van der Waals surface area contributed by atoms with Gasteiger partial charge in [0.15, 0.2) is 0 Å². The number of hydrogen-bond donors (Lipinski definition) is 1. The third kappa shape index (κ3) is 3.56. The van der Waals surface area contributed by atoms with Crippen LogP contribution in [0.5, 0.6) is 11.5 Å². The van der Waals surface area contributed by atoms with Crippen molar-refractivity contribution in [2.75, 3.05) is 0 Å². The molecule has 0 aliphatic rings. The Bertz CT molecular complexity index is 646. The monoisotopic (exact) mass is 352 g/mol. The van der Waals surface area contributed by atoms with Crippen LogP contribution < -0.4 is 4.74 Å². The van der Waals surface area contributed by atoms with Gasteiger partial charge in [-0.25, -0.2) is 0 Å². The van der Waals surface area contributed by atoms with E-state index in [0.29, 0.717) is 22.3 Å². The van der Waals surface area contributed by atoms with Gasteiger partial charge < -0.3 is 9.84 Å². The van der Waals surface area contributed by atoms with Crippen molar-refractivity contribution in [1.29, 1.82) is 0 Å². The molecule has 0 aliphatic carbocycles. The van der Waals surface area contributed by atoms with Gasteiger partial charge in [0.2, 0.25) is 5.75 Å². The number of aliphatic hydroxyl groups excluding tert-OH is 1. The molecule has 1 atom stereocenters. The number of ether oxygens (including phenoxy) is 1. The number of pyridine rings is 1. The molecule has 0 aliphatic heterocycles. The molecule has 2 rings (SSSR count). The first-order valence-electron chi connectivity index (χ1n) is 6.27. The molecule has 1 heterocycles. The van der Waals surface area contributed by atoms with E-state index in [-0.39, 0.29) is 11.4 Å². The number of aromatic nitrogens is 1. The van der Waals surface area contributed by atoms with E-state index in [9.17, 15) is 15.2 Å². The van der Waals surface area contributed by atoms with Crippen LogP contribution in [0.15, 0.2) is 41.0 Å². The molecule has 1 aromatic carbocycles. The SMILES string of the molecule is CC[C@@H](O)c1ccc(Oc2c(Br)cccc2[N+](=O)[O-])cn1. The predicted octanol–water partition coefficient (Wildman–Crippen LogP) is 3.99. The Labute approximate surface area is 129 Å². The summed E-state index contributed by atoms with van der Waals surface area (Å²) in [7, 11) is 0. The molecule has 0 amide bonds. The predicted molar refractivity (Wildman–Crippen MR) is 80.4 cm³/mol. The molecule has 6 nitrogen and oxygen atoms in total. The highest BCUT2D eigenvalue weighted by Crippen LogP contribution is 2.37. The molecule has 0 radical (unpaired) electrons. The normalized spacial score (nSPS) is 12.0. The fraction of sp³-hybridized carbons (Fsp3) is 0.214. The van der Waals surface area contributed by atoms with E-state index in [1.54, 1.807) is 24.3 Å². The smallest absolute Gasteiger partial charge is 0.312 e. The zero-order valence-electron chi connectivity index (χ0n) is 11.2. The number of nitro groups is 1. The van der Waals surface area contributed by atoms with Crippen molar-refractivity contribution in [3.05, 3.63) is 56.8 Å². The first-order chi connectivity index (χ1) is 10.0. The summed E-state index contributed by atoms with van der Waals surface area (Å²) in [6.07, 6.45) is 1.36. The zero-order valence-corrected chi connectivity index (χ0v) is 12.8. The highest BCUT2D eigenvalue weighted by molar-refractivity contribution is 9.10. The van der Waals surface area contributed by atoms with Crippen LogP contribution in [-0.2, 0) is 0 Å². The summed E-state index contributed by atoms with van der Waals surface area (Å²) in [4.78, 5) is 14.6. The van der Waals surface area contributed by atoms with Crippen LogP contribution >= 0.6 is 15.9 Å². The fourth-order valence-electron chi connectivity index (χ4n) is 1.72. The number of nitro benzene ring substituents is 1. The molecule has 1 N–H and O–H groups in total. The van der Waals surface area contributed by atoms with Crippen molar-refractivity contribution in [1.82, 2.24) is 4.98 Å². The minimum atomic E-state index is -0.628. The molecule has 0 unspecified atom stereocenters. The van der Waals surface area contributed by atoms with Crippen LogP contribution in [0.1, 0.15) is 25.1 Å². The lowest BCUT2D eigenvalue weighted by molar-refractivity contribution is -0.385. The Hall–Kier alpha value is -1.99. The maximum atomic E-state index is 11.0. The van der Waals surface area contributed by atoms with E-state index in [4.69, 9.17) is 4.74 Å². The maximum absolute atomic E-state index is 11.0. The van der Waals surface area contributed by atoms with Crippen LogP contribution in [-0.4, -0.2) is 15.0 Å². The Morgan fingerprint density at radius 2 is 2.19 bits per heavy atom. The summed E-state index contributed by atoms with van der Waals surface area (Å²) in [5, 5.41) is 20.7. The molecule has 21 heavy (non-hydrogen) atoms. The lowest BCUT2D eigenvalue weighted by atomic mass is 10.2. The van der Waals surface area contributed by atoms with E-state index in [2.05, 4.69) is 20.9 Å². The lowest BCUT2D eigenvalue weighted by Gasteiger charge is -2.10. The number of rotatable bonds is 5. The Morgan fingerprint density at radius 3 is 2.76 bits per heavy atom. The molecule has 0 saturated heterocycles. The van der Waals surface area contributed by atoms with E-state index >= 15 is 0 Å². The van der Waals surface area contributed by atoms with Crippen LogP contribution in [0.2, 0.25) is 0 Å². The second-order valence-corrected chi connectivity index (χ2v) is 5.14. The number of benzene rings is 1. The third-order valence-corrected chi connectivity index (χ3v) is 3.47. The molecular formula is C14H13BrN2O4. The van der Waals surface area contributed by atoms with Gasteiger partial charge in [0.1, 0.15) is 5.75 Å². The number of nitrogens with zero attached hydrogens (tertiary/aromatic N) is 2. The summed E-state index contributed by atoms with van der Waals surface area (Å²) in [6.45, 7) is 1.85. The quantitative estimate of drug-likeness (QED) is 0.649. The third-order valence-electron chi connectivity index (χ3n) is 2.85. The van der Waals surface area contributed by atoms with E-state index < -0.39 is 11.0 Å². The van der Waals surface area contributed by atoms with Gasteiger partial charge in [-0.3, -0.25) is 15.1 Å². The van der Waals surface area contributed by atoms with Gasteiger partial charge in [-0.2, -0.15) is 0 Å². The largest absolute Gasteiger partial charge is 0.447 e. The van der Waals surface area contributed by atoms with E-state index in [1.807, 2.05) is 6.92 Å². The molecule has 1 aromatic heterocycles. The second-order valence-electron chi connectivity index (χ2n) is 4.29. The van der Waals surface area contributed by atoms with E-state index in [1.165, 1.54) is 12.3 Å². The number of hydrogen-bond acceptors (Lipinski definition) is 5. The molecule has 2 aromatic rings. The van der Waals surface area contributed by atoms with Crippen molar-refractivity contribution in [2.45, 2.75) is 19.4 Å². The average Bonchev–Trinajstić information content (AvgIpc) is 2.49. The van der Waals surface area contributed by atoms with Gasteiger partial charge in [0.05, 0.1) is 27.4 Å². The van der Waals surface area contributed by atoms with Gasteiger partial charge >= 0.3 is 5.69 Å². The minimum absolute atomic E-state index is 0.119. The fourth-order valence-corrected chi connectivity index (χ4v) is 2.16. The van der Waals surface area contributed by atoms with Gasteiger partial charge in [-0.1, -0.05) is 13.0 Å². The Morgan fingerprint density at radius 1 is 1.43 bits per heavy atom. The Balaban J connectivity index is 2.28. The standard InChI is InChI=1S/C14H13BrN2O4/c1-2-13(18)11-7-6-9(8-16-11)21-14-10(15)4-3-5-12(14)17(19)20/h3-8,13,18H,2H2,1H3/t13-/m1/s1. The first kappa shape index (κ1) is 15.4. The Kier molecular flexibility index (Phi) is 4.87. The van der Waals surface area contributed by atoms with Gasteiger partial charge in [0.25, 0.3) is 0 Å². The molecule has 7 heteroatoms. The summed E-state index contributed by atoms with van der Waals surface area (Å²) in [6, 6.07) is 7.83. The summed E-state index contributed by atoms with van der Waals surface area (Å²) in [5.41, 5.74) is 0.397. The van der Waals surface area contributed by atoms with Gasteiger partial charge in [-0.15, -0.1) is 0 Å². The maximum Gasteiger partial charge on any atom is 0.312 e. The van der Waals surface area contributed by atoms with Crippen LogP contribution in [0, 0.1) is 10.1 Å². The molecular weight excluding hydrogens is 340 g/mol. The number of halogens is 1. The van der Waals surface area contributed by atoms with Crippen LogP contribution in [0.3, 0.4) is 0 Å².